The molecule has 1 fully saturated rings. The van der Waals surface area contributed by atoms with Gasteiger partial charge in [-0.05, 0) is 41.8 Å². The van der Waals surface area contributed by atoms with Gasteiger partial charge in [0.2, 0.25) is 21.8 Å². The fourth-order valence-corrected chi connectivity index (χ4v) is 5.44. The number of rotatable bonds is 7. The molecule has 2 aromatic carbocycles. The minimum absolute atomic E-state index is 0.0288. The summed E-state index contributed by atoms with van der Waals surface area (Å²) in [5.74, 6) is -1.02. The van der Waals surface area contributed by atoms with Gasteiger partial charge in [-0.25, -0.2) is 8.42 Å². The first-order valence-electron chi connectivity index (χ1n) is 9.91. The third-order valence-electron chi connectivity index (χ3n) is 5.61. The van der Waals surface area contributed by atoms with Crippen molar-refractivity contribution in [3.05, 3.63) is 59.2 Å². The van der Waals surface area contributed by atoms with Crippen molar-refractivity contribution in [1.82, 2.24) is 9.62 Å². The molecule has 8 nitrogen and oxygen atoms in total. The highest BCUT2D eigenvalue weighted by Gasteiger charge is 2.42. The molecule has 1 heterocycles. The molecular weight excluding hydrogens is 418 g/mol. The Morgan fingerprint density at radius 2 is 1.84 bits per heavy atom. The normalized spacial score (nSPS) is 19.2. The van der Waals surface area contributed by atoms with Gasteiger partial charge in [0.25, 0.3) is 0 Å². The highest BCUT2D eigenvalue weighted by atomic mass is 32.2. The van der Waals surface area contributed by atoms with Gasteiger partial charge in [0.1, 0.15) is 5.75 Å². The number of primary amides is 1. The number of sulfonamides is 1. The molecule has 0 saturated carbocycles. The fraction of sp³-hybridized carbons (Fsp3) is 0.364. The second kappa shape index (κ2) is 9.07. The van der Waals surface area contributed by atoms with Crippen LogP contribution in [0.3, 0.4) is 0 Å². The maximum Gasteiger partial charge on any atom is 0.243 e. The van der Waals surface area contributed by atoms with Crippen LogP contribution in [-0.2, 0) is 26.2 Å². The van der Waals surface area contributed by atoms with E-state index in [1.165, 1.54) is 24.4 Å². The summed E-state index contributed by atoms with van der Waals surface area (Å²) in [6, 6.07) is 12.1. The lowest BCUT2D eigenvalue weighted by molar-refractivity contribution is -0.121. The predicted molar refractivity (Wildman–Crippen MR) is 116 cm³/mol. The van der Waals surface area contributed by atoms with E-state index in [0.29, 0.717) is 17.9 Å². The number of aryl methyl sites for hydroxylation is 1. The summed E-state index contributed by atoms with van der Waals surface area (Å²) in [5, 5.41) is 2.73. The van der Waals surface area contributed by atoms with Crippen molar-refractivity contribution in [2.75, 3.05) is 20.2 Å². The smallest absolute Gasteiger partial charge is 0.243 e. The number of hydrogen-bond acceptors (Lipinski definition) is 5. The molecule has 3 rings (SSSR count). The van der Waals surface area contributed by atoms with Crippen molar-refractivity contribution in [3.63, 3.8) is 0 Å². The summed E-state index contributed by atoms with van der Waals surface area (Å²) in [6.45, 7) is 3.81. The van der Waals surface area contributed by atoms with Gasteiger partial charge in [-0.3, -0.25) is 9.59 Å². The monoisotopic (exact) mass is 445 g/mol. The predicted octanol–water partition coefficient (Wildman–Crippen LogP) is 1.53. The SMILES string of the molecule is COc1ccc(S(=O)(=O)N2C[C@H](C(N)=O)[C@@H](c3ccc(CNC(C)=O)cc3)C2)cc1C. The van der Waals surface area contributed by atoms with Gasteiger partial charge in [0.05, 0.1) is 17.9 Å². The van der Waals surface area contributed by atoms with E-state index in [9.17, 15) is 18.0 Å². The van der Waals surface area contributed by atoms with Gasteiger partial charge in [0.15, 0.2) is 0 Å². The third-order valence-corrected chi connectivity index (χ3v) is 7.43. The van der Waals surface area contributed by atoms with Crippen LogP contribution in [0.1, 0.15) is 29.5 Å². The zero-order chi connectivity index (χ0) is 22.8. The second-order valence-corrected chi connectivity index (χ2v) is 9.66. The number of amides is 2. The zero-order valence-electron chi connectivity index (χ0n) is 17.8. The van der Waals surface area contributed by atoms with Crippen LogP contribution in [0.5, 0.6) is 5.75 Å². The Balaban J connectivity index is 1.85. The number of benzene rings is 2. The molecule has 0 aromatic heterocycles. The van der Waals surface area contributed by atoms with Gasteiger partial charge in [-0.15, -0.1) is 0 Å². The third kappa shape index (κ3) is 4.88. The van der Waals surface area contributed by atoms with Gasteiger partial charge in [-0.1, -0.05) is 24.3 Å². The van der Waals surface area contributed by atoms with Crippen molar-refractivity contribution in [3.8, 4) is 5.75 Å². The van der Waals surface area contributed by atoms with Gasteiger partial charge in [0, 0.05) is 32.5 Å². The Hall–Kier alpha value is -2.91. The van der Waals surface area contributed by atoms with Crippen LogP contribution in [-0.4, -0.2) is 44.7 Å². The maximum atomic E-state index is 13.2. The highest BCUT2D eigenvalue weighted by molar-refractivity contribution is 7.89. The number of nitrogens with one attached hydrogen (secondary N) is 1. The summed E-state index contributed by atoms with van der Waals surface area (Å²) in [4.78, 5) is 23.3. The fourth-order valence-electron chi connectivity index (χ4n) is 3.86. The first-order valence-corrected chi connectivity index (χ1v) is 11.3. The molecule has 31 heavy (non-hydrogen) atoms. The highest BCUT2D eigenvalue weighted by Crippen LogP contribution is 2.36. The summed E-state index contributed by atoms with van der Waals surface area (Å²) in [6.07, 6.45) is 0. The molecule has 1 saturated heterocycles. The first kappa shape index (κ1) is 22.8. The number of carbonyl (C=O) groups is 2. The molecule has 3 N–H and O–H groups in total. The van der Waals surface area contributed by atoms with Crippen LogP contribution in [0.2, 0.25) is 0 Å². The molecule has 2 amide bonds. The van der Waals surface area contributed by atoms with Crippen LogP contribution >= 0.6 is 0 Å². The van der Waals surface area contributed by atoms with Gasteiger partial charge < -0.3 is 15.8 Å². The summed E-state index contributed by atoms with van der Waals surface area (Å²) < 4.78 is 33.0. The minimum Gasteiger partial charge on any atom is -0.496 e. The average molecular weight is 446 g/mol. The summed E-state index contributed by atoms with van der Waals surface area (Å²) in [7, 11) is -2.27. The van der Waals surface area contributed by atoms with Crippen LogP contribution < -0.4 is 15.8 Å². The van der Waals surface area contributed by atoms with E-state index in [1.54, 1.807) is 19.1 Å². The lowest BCUT2D eigenvalue weighted by Gasteiger charge is -2.18. The van der Waals surface area contributed by atoms with E-state index >= 15 is 0 Å². The van der Waals surface area contributed by atoms with E-state index in [-0.39, 0.29) is 29.8 Å². The van der Waals surface area contributed by atoms with Crippen molar-refractivity contribution in [2.24, 2.45) is 11.7 Å². The molecule has 0 spiro atoms. The van der Waals surface area contributed by atoms with E-state index in [1.807, 2.05) is 24.3 Å². The van der Waals surface area contributed by atoms with Crippen molar-refractivity contribution >= 4 is 21.8 Å². The molecule has 0 aliphatic carbocycles. The molecular formula is C22H27N3O5S. The first-order chi connectivity index (χ1) is 14.6. The number of nitrogens with zero attached hydrogens (tertiary/aromatic N) is 1. The Morgan fingerprint density at radius 1 is 1.16 bits per heavy atom. The summed E-state index contributed by atoms with van der Waals surface area (Å²) >= 11 is 0. The van der Waals surface area contributed by atoms with E-state index in [0.717, 1.165) is 11.1 Å². The second-order valence-electron chi connectivity index (χ2n) is 7.72. The molecule has 9 heteroatoms. The Kier molecular flexibility index (Phi) is 6.66. The maximum absolute atomic E-state index is 13.2. The molecule has 1 aliphatic heterocycles. The van der Waals surface area contributed by atoms with Gasteiger partial charge in [-0.2, -0.15) is 4.31 Å². The van der Waals surface area contributed by atoms with Crippen LogP contribution in [0.15, 0.2) is 47.4 Å². The standard InChI is InChI=1S/C22H27N3O5S/c1-14-10-18(8-9-21(14)30-3)31(28,29)25-12-19(20(13-25)22(23)27)17-6-4-16(5-7-17)11-24-15(2)26/h4-10,19-20H,11-13H2,1-3H3,(H2,23,27)(H,24,26)/t19-,20+/m1/s1. The Morgan fingerprint density at radius 3 is 2.39 bits per heavy atom. The quantitative estimate of drug-likeness (QED) is 0.670. The molecule has 0 radical (unpaired) electrons. The van der Waals surface area contributed by atoms with Crippen LogP contribution in [0.25, 0.3) is 0 Å². The molecule has 1 aliphatic rings. The number of carbonyl (C=O) groups excluding carboxylic acids is 2. The van der Waals surface area contributed by atoms with E-state index in [4.69, 9.17) is 10.5 Å². The average Bonchev–Trinajstić information content (AvgIpc) is 3.19. The lowest BCUT2D eigenvalue weighted by atomic mass is 9.88. The number of methoxy groups -OCH3 is 1. The Labute approximate surface area is 182 Å². The zero-order valence-corrected chi connectivity index (χ0v) is 18.6. The van der Waals surface area contributed by atoms with Crippen LogP contribution in [0, 0.1) is 12.8 Å². The number of ether oxygens (including phenoxy) is 1. The number of hydrogen-bond donors (Lipinski definition) is 2. The Bertz CT molecular complexity index is 1080. The largest absolute Gasteiger partial charge is 0.496 e. The molecule has 0 bridgehead atoms. The molecule has 0 unspecified atom stereocenters. The molecule has 2 atom stereocenters. The minimum atomic E-state index is -3.80. The molecule has 166 valence electrons. The van der Waals surface area contributed by atoms with Crippen molar-refractivity contribution in [2.45, 2.75) is 31.2 Å². The van der Waals surface area contributed by atoms with Crippen molar-refractivity contribution in [1.29, 1.82) is 0 Å². The number of nitrogens with two attached hydrogens (primary N) is 1. The lowest BCUT2D eigenvalue weighted by Crippen LogP contribution is -2.32. The molecule has 2 aromatic rings. The van der Waals surface area contributed by atoms with Gasteiger partial charge >= 0.3 is 0 Å². The topological polar surface area (TPSA) is 119 Å². The van der Waals surface area contributed by atoms with Crippen molar-refractivity contribution < 1.29 is 22.7 Å². The van der Waals surface area contributed by atoms with E-state index < -0.39 is 21.8 Å². The summed E-state index contributed by atoms with van der Waals surface area (Å²) in [5.41, 5.74) is 8.07. The van der Waals surface area contributed by atoms with Crippen LogP contribution in [0.4, 0.5) is 0 Å². The van der Waals surface area contributed by atoms with E-state index in [2.05, 4.69) is 5.32 Å².